The van der Waals surface area contributed by atoms with E-state index in [0.717, 1.165) is 18.5 Å². The zero-order valence-corrected chi connectivity index (χ0v) is 11.6. The summed E-state index contributed by atoms with van der Waals surface area (Å²) in [6.45, 7) is 1.40. The quantitative estimate of drug-likeness (QED) is 0.904. The number of ether oxygens (including phenoxy) is 2. The predicted octanol–water partition coefficient (Wildman–Crippen LogP) is 3.94. The van der Waals surface area contributed by atoms with E-state index in [0.29, 0.717) is 13.2 Å². The third-order valence-electron chi connectivity index (χ3n) is 2.75. The van der Waals surface area contributed by atoms with E-state index in [1.165, 1.54) is 6.07 Å². The molecule has 1 aromatic carbocycles. The Morgan fingerprint density at radius 1 is 1.26 bits per heavy atom. The summed E-state index contributed by atoms with van der Waals surface area (Å²) in [6.07, 6.45) is -2.91. The summed E-state index contributed by atoms with van der Waals surface area (Å²) in [7, 11) is 0. The van der Waals surface area contributed by atoms with Gasteiger partial charge in [-0.2, -0.15) is 0 Å². The van der Waals surface area contributed by atoms with Crippen LogP contribution >= 0.6 is 15.9 Å². The molecule has 2 rings (SSSR count). The molecule has 1 aliphatic rings. The van der Waals surface area contributed by atoms with Crippen LogP contribution in [0.2, 0.25) is 0 Å². The zero-order chi connectivity index (χ0) is 13.9. The maximum absolute atomic E-state index is 12.1. The summed E-state index contributed by atoms with van der Waals surface area (Å²) in [5, 5.41) is 3.26. The number of alkyl halides is 3. The monoisotopic (exact) mass is 339 g/mol. The third-order valence-corrected chi connectivity index (χ3v) is 3.37. The minimum atomic E-state index is -4.68. The van der Waals surface area contributed by atoms with Crippen molar-refractivity contribution in [3.8, 4) is 5.75 Å². The molecular weight excluding hydrogens is 327 g/mol. The van der Waals surface area contributed by atoms with Crippen molar-refractivity contribution in [2.45, 2.75) is 25.2 Å². The van der Waals surface area contributed by atoms with Gasteiger partial charge in [0, 0.05) is 24.9 Å². The molecule has 1 saturated heterocycles. The number of rotatable bonds is 3. The molecule has 0 aromatic heterocycles. The van der Waals surface area contributed by atoms with Crippen LogP contribution in [0.4, 0.5) is 18.9 Å². The van der Waals surface area contributed by atoms with Gasteiger partial charge in [0.25, 0.3) is 0 Å². The largest absolute Gasteiger partial charge is 0.573 e. The van der Waals surface area contributed by atoms with Gasteiger partial charge in [0.15, 0.2) is 0 Å². The first-order valence-corrected chi connectivity index (χ1v) is 6.63. The number of hydrogen-bond acceptors (Lipinski definition) is 3. The Bertz CT molecular complexity index is 433. The molecule has 0 saturated carbocycles. The summed E-state index contributed by atoms with van der Waals surface area (Å²) >= 11 is 3.07. The lowest BCUT2D eigenvalue weighted by molar-refractivity contribution is -0.274. The van der Waals surface area contributed by atoms with E-state index >= 15 is 0 Å². The standard InChI is InChI=1S/C12H13BrF3NO2/c13-10-7-9(17-8-3-5-18-6-4-8)1-2-11(10)19-12(14,15)16/h1-2,7-8,17H,3-6H2. The molecule has 106 valence electrons. The minimum Gasteiger partial charge on any atom is -0.405 e. The molecule has 3 nitrogen and oxygen atoms in total. The lowest BCUT2D eigenvalue weighted by Gasteiger charge is -2.24. The van der Waals surface area contributed by atoms with E-state index in [-0.39, 0.29) is 16.3 Å². The van der Waals surface area contributed by atoms with Gasteiger partial charge in [0.1, 0.15) is 5.75 Å². The molecule has 0 bridgehead atoms. The van der Waals surface area contributed by atoms with Gasteiger partial charge < -0.3 is 14.8 Å². The first-order valence-electron chi connectivity index (χ1n) is 5.83. The summed E-state index contributed by atoms with van der Waals surface area (Å²) in [6, 6.07) is 4.73. The van der Waals surface area contributed by atoms with Gasteiger partial charge in [-0.3, -0.25) is 0 Å². The molecule has 1 heterocycles. The molecule has 1 aromatic rings. The topological polar surface area (TPSA) is 30.5 Å². The molecule has 0 spiro atoms. The maximum Gasteiger partial charge on any atom is 0.573 e. The zero-order valence-electron chi connectivity index (χ0n) is 9.97. The highest BCUT2D eigenvalue weighted by molar-refractivity contribution is 9.10. The molecule has 0 aliphatic carbocycles. The third kappa shape index (κ3) is 4.58. The first kappa shape index (κ1) is 14.5. The normalized spacial score (nSPS) is 17.3. The first-order chi connectivity index (χ1) is 8.94. The van der Waals surface area contributed by atoms with Crippen molar-refractivity contribution >= 4 is 21.6 Å². The van der Waals surface area contributed by atoms with E-state index < -0.39 is 6.36 Å². The summed E-state index contributed by atoms with van der Waals surface area (Å²) < 4.78 is 45.8. The highest BCUT2D eigenvalue weighted by Crippen LogP contribution is 2.32. The Hall–Kier alpha value is -0.950. The fourth-order valence-corrected chi connectivity index (χ4v) is 2.34. The summed E-state index contributed by atoms with van der Waals surface area (Å²) in [5.41, 5.74) is 0.758. The van der Waals surface area contributed by atoms with Crippen molar-refractivity contribution in [1.29, 1.82) is 0 Å². The van der Waals surface area contributed by atoms with Gasteiger partial charge in [0.2, 0.25) is 0 Å². The van der Waals surface area contributed by atoms with E-state index in [1.54, 1.807) is 12.1 Å². The van der Waals surface area contributed by atoms with Crippen LogP contribution in [-0.2, 0) is 4.74 Å². The van der Waals surface area contributed by atoms with Crippen molar-refractivity contribution in [2.75, 3.05) is 18.5 Å². The summed E-state index contributed by atoms with van der Waals surface area (Å²) in [4.78, 5) is 0. The average Bonchev–Trinajstić information content (AvgIpc) is 2.33. The van der Waals surface area contributed by atoms with Crippen molar-refractivity contribution in [2.24, 2.45) is 0 Å². The Morgan fingerprint density at radius 2 is 1.95 bits per heavy atom. The molecule has 0 radical (unpaired) electrons. The highest BCUT2D eigenvalue weighted by atomic mass is 79.9. The fraction of sp³-hybridized carbons (Fsp3) is 0.500. The SMILES string of the molecule is FC(F)(F)Oc1ccc(NC2CCOCC2)cc1Br. The molecule has 0 amide bonds. The Labute approximate surface area is 117 Å². The van der Waals surface area contributed by atoms with Gasteiger partial charge in [-0.05, 0) is 47.0 Å². The van der Waals surface area contributed by atoms with Crippen LogP contribution in [0.3, 0.4) is 0 Å². The smallest absolute Gasteiger partial charge is 0.405 e. The fourth-order valence-electron chi connectivity index (χ4n) is 1.88. The van der Waals surface area contributed by atoms with Crippen LogP contribution in [-0.4, -0.2) is 25.6 Å². The van der Waals surface area contributed by atoms with E-state index in [2.05, 4.69) is 26.0 Å². The van der Waals surface area contributed by atoms with Gasteiger partial charge in [0.05, 0.1) is 4.47 Å². The molecule has 1 fully saturated rings. The second-order valence-corrected chi connectivity index (χ2v) is 5.08. The second-order valence-electron chi connectivity index (χ2n) is 4.22. The lowest BCUT2D eigenvalue weighted by Crippen LogP contribution is -2.27. The van der Waals surface area contributed by atoms with Gasteiger partial charge >= 0.3 is 6.36 Å². The van der Waals surface area contributed by atoms with Crippen LogP contribution in [0, 0.1) is 0 Å². The molecule has 0 atom stereocenters. The van der Waals surface area contributed by atoms with Gasteiger partial charge in [-0.25, -0.2) is 0 Å². The number of hydrogen-bond donors (Lipinski definition) is 1. The highest BCUT2D eigenvalue weighted by Gasteiger charge is 2.32. The van der Waals surface area contributed by atoms with Crippen molar-refractivity contribution in [1.82, 2.24) is 0 Å². The van der Waals surface area contributed by atoms with Crippen LogP contribution < -0.4 is 10.1 Å². The van der Waals surface area contributed by atoms with Crippen LogP contribution in [0.5, 0.6) is 5.75 Å². The maximum atomic E-state index is 12.1. The Kier molecular flexibility index (Phi) is 4.57. The molecular formula is C12H13BrF3NO2. The van der Waals surface area contributed by atoms with E-state index in [4.69, 9.17) is 4.74 Å². The number of benzene rings is 1. The van der Waals surface area contributed by atoms with E-state index in [9.17, 15) is 13.2 Å². The van der Waals surface area contributed by atoms with Crippen LogP contribution in [0.1, 0.15) is 12.8 Å². The Balaban J connectivity index is 2.01. The minimum absolute atomic E-state index is 0.245. The van der Waals surface area contributed by atoms with Gasteiger partial charge in [-0.15, -0.1) is 13.2 Å². The second kappa shape index (κ2) is 6.00. The van der Waals surface area contributed by atoms with Crippen LogP contribution in [0.25, 0.3) is 0 Å². The molecule has 7 heteroatoms. The van der Waals surface area contributed by atoms with Crippen LogP contribution in [0.15, 0.2) is 22.7 Å². The van der Waals surface area contributed by atoms with Crippen molar-refractivity contribution in [3.05, 3.63) is 22.7 Å². The van der Waals surface area contributed by atoms with E-state index in [1.807, 2.05) is 0 Å². The van der Waals surface area contributed by atoms with Gasteiger partial charge in [-0.1, -0.05) is 0 Å². The van der Waals surface area contributed by atoms with Crippen molar-refractivity contribution in [3.63, 3.8) is 0 Å². The number of anilines is 1. The predicted molar refractivity (Wildman–Crippen MR) is 68.3 cm³/mol. The molecule has 1 aliphatic heterocycles. The molecule has 19 heavy (non-hydrogen) atoms. The number of halogens is 4. The average molecular weight is 340 g/mol. The molecule has 0 unspecified atom stereocenters. The van der Waals surface area contributed by atoms with Crippen molar-refractivity contribution < 1.29 is 22.6 Å². The molecule has 1 N–H and O–H groups in total. The Morgan fingerprint density at radius 3 is 2.53 bits per heavy atom. The summed E-state index contributed by atoms with van der Waals surface area (Å²) in [5.74, 6) is -0.245. The lowest BCUT2D eigenvalue weighted by atomic mass is 10.1. The number of nitrogens with one attached hydrogen (secondary N) is 1.